The third-order valence-electron chi connectivity index (χ3n) is 6.76. The van der Waals surface area contributed by atoms with Crippen LogP contribution in [0.1, 0.15) is 18.4 Å². The third-order valence-corrected chi connectivity index (χ3v) is 6.76. The van der Waals surface area contributed by atoms with Crippen molar-refractivity contribution < 1.29 is 9.53 Å². The molecule has 0 radical (unpaired) electrons. The summed E-state index contributed by atoms with van der Waals surface area (Å²) in [7, 11) is 0. The third kappa shape index (κ3) is 4.28. The number of amides is 1. The molecular formula is C23H29N9O2. The fourth-order valence-electron chi connectivity index (χ4n) is 4.68. The average Bonchev–Trinajstić information content (AvgIpc) is 3.64. The van der Waals surface area contributed by atoms with E-state index in [4.69, 9.17) is 20.6 Å². The largest absolute Gasteiger partial charge is 0.378 e. The van der Waals surface area contributed by atoms with Gasteiger partial charge in [0.1, 0.15) is 5.52 Å². The van der Waals surface area contributed by atoms with Crippen LogP contribution in [0.3, 0.4) is 0 Å². The van der Waals surface area contributed by atoms with Gasteiger partial charge in [-0.2, -0.15) is 0 Å². The van der Waals surface area contributed by atoms with Crippen LogP contribution in [0.5, 0.6) is 0 Å². The van der Waals surface area contributed by atoms with Crippen molar-refractivity contribution in [3.8, 4) is 11.4 Å². The number of hydrogen-bond donors (Lipinski definition) is 1. The number of hydrogen-bond acceptors (Lipinski definition) is 9. The molecule has 3 aromatic heterocycles. The number of morpholine rings is 1. The number of piperazine rings is 1. The molecular weight excluding hydrogens is 434 g/mol. The summed E-state index contributed by atoms with van der Waals surface area (Å²) in [5.41, 5.74) is 8.53. The molecule has 1 saturated carbocycles. The van der Waals surface area contributed by atoms with Crippen LogP contribution in [-0.4, -0.2) is 92.8 Å². The second-order valence-electron chi connectivity index (χ2n) is 9.24. The zero-order valence-corrected chi connectivity index (χ0v) is 19.1. The molecule has 1 amide bonds. The van der Waals surface area contributed by atoms with Gasteiger partial charge in [0.05, 0.1) is 18.8 Å². The molecule has 0 atom stereocenters. The lowest BCUT2D eigenvalue weighted by Crippen LogP contribution is -2.48. The van der Waals surface area contributed by atoms with Gasteiger partial charge < -0.3 is 20.3 Å². The van der Waals surface area contributed by atoms with Crippen LogP contribution in [0.2, 0.25) is 0 Å². The highest BCUT2D eigenvalue weighted by atomic mass is 16.5. The van der Waals surface area contributed by atoms with Crippen LogP contribution < -0.4 is 10.6 Å². The van der Waals surface area contributed by atoms with Crippen LogP contribution >= 0.6 is 0 Å². The van der Waals surface area contributed by atoms with E-state index in [0.717, 1.165) is 75.6 Å². The Morgan fingerprint density at radius 1 is 1.06 bits per heavy atom. The molecule has 6 rings (SSSR count). The van der Waals surface area contributed by atoms with E-state index < -0.39 is 0 Å². The zero-order chi connectivity index (χ0) is 23.1. The standard InChI is InChI=1S/C23H29N9O2/c24-23-25-12-18(13-26-23)20-27-21(30-7-9-34-10-8-30)19-11-16(15-32(19)28-20)14-29-3-5-31(6-4-29)22(33)17-1-2-17/h11-13,15,17H,1-10,14H2,(H2,24,25,26). The van der Waals surface area contributed by atoms with Gasteiger partial charge in [-0.05, 0) is 24.5 Å². The summed E-state index contributed by atoms with van der Waals surface area (Å²) >= 11 is 0. The van der Waals surface area contributed by atoms with Gasteiger partial charge in [0.25, 0.3) is 0 Å². The van der Waals surface area contributed by atoms with E-state index in [1.54, 1.807) is 12.4 Å². The fourth-order valence-corrected chi connectivity index (χ4v) is 4.68. The minimum Gasteiger partial charge on any atom is -0.378 e. The lowest BCUT2D eigenvalue weighted by atomic mass is 10.2. The van der Waals surface area contributed by atoms with Crippen LogP contribution in [0.4, 0.5) is 11.8 Å². The van der Waals surface area contributed by atoms with Gasteiger partial charge in [-0.1, -0.05) is 0 Å². The quantitative estimate of drug-likeness (QED) is 0.582. The summed E-state index contributed by atoms with van der Waals surface area (Å²) in [5, 5.41) is 4.76. The molecule has 2 N–H and O–H groups in total. The van der Waals surface area contributed by atoms with E-state index in [9.17, 15) is 4.79 Å². The van der Waals surface area contributed by atoms with E-state index >= 15 is 0 Å². The molecule has 11 nitrogen and oxygen atoms in total. The SMILES string of the molecule is Nc1ncc(-c2nc(N3CCOCC3)c3cc(CN4CCN(C(=O)C5CC5)CC4)cn3n2)cn1. The highest BCUT2D eigenvalue weighted by Crippen LogP contribution is 2.31. The number of carbonyl (C=O) groups is 1. The molecule has 0 unspecified atom stereocenters. The van der Waals surface area contributed by atoms with Gasteiger partial charge in [-0.25, -0.2) is 19.5 Å². The van der Waals surface area contributed by atoms with E-state index in [-0.39, 0.29) is 5.95 Å². The summed E-state index contributed by atoms with van der Waals surface area (Å²) in [5.74, 6) is 2.31. The summed E-state index contributed by atoms with van der Waals surface area (Å²) in [4.78, 5) is 32.1. The second-order valence-corrected chi connectivity index (χ2v) is 9.24. The maximum Gasteiger partial charge on any atom is 0.225 e. The van der Waals surface area contributed by atoms with Crippen LogP contribution in [0.25, 0.3) is 16.9 Å². The average molecular weight is 464 g/mol. The normalized spacial score (nSPS) is 19.6. The molecule has 3 fully saturated rings. The van der Waals surface area contributed by atoms with Gasteiger partial charge in [0.15, 0.2) is 11.6 Å². The number of carbonyl (C=O) groups excluding carboxylic acids is 1. The number of nitrogens with two attached hydrogens (primary N) is 1. The lowest BCUT2D eigenvalue weighted by Gasteiger charge is -2.34. The van der Waals surface area contributed by atoms with Gasteiger partial charge in [-0.15, -0.1) is 5.10 Å². The topological polar surface area (TPSA) is 118 Å². The van der Waals surface area contributed by atoms with Gasteiger partial charge in [0.2, 0.25) is 11.9 Å². The number of fused-ring (bicyclic) bond motifs is 1. The Morgan fingerprint density at radius 2 is 1.79 bits per heavy atom. The Morgan fingerprint density at radius 3 is 2.50 bits per heavy atom. The summed E-state index contributed by atoms with van der Waals surface area (Å²) in [6.45, 7) is 7.12. The second kappa shape index (κ2) is 8.80. The van der Waals surface area contributed by atoms with Gasteiger partial charge in [-0.3, -0.25) is 9.69 Å². The van der Waals surface area contributed by atoms with Gasteiger partial charge >= 0.3 is 0 Å². The molecule has 0 aromatic carbocycles. The van der Waals surface area contributed by atoms with E-state index in [2.05, 4.69) is 32.0 Å². The monoisotopic (exact) mass is 463 g/mol. The van der Waals surface area contributed by atoms with Crippen LogP contribution in [0, 0.1) is 5.92 Å². The number of rotatable bonds is 5. The number of anilines is 2. The summed E-state index contributed by atoms with van der Waals surface area (Å²) in [6, 6.07) is 2.18. The Labute approximate surface area is 197 Å². The molecule has 3 aromatic rings. The van der Waals surface area contributed by atoms with E-state index in [0.29, 0.717) is 30.9 Å². The number of nitrogens with zero attached hydrogens (tertiary/aromatic N) is 8. The first-order chi connectivity index (χ1) is 16.6. The molecule has 2 saturated heterocycles. The fraction of sp³-hybridized carbons (Fsp3) is 0.522. The molecule has 3 aliphatic rings. The number of ether oxygens (including phenoxy) is 1. The predicted octanol–water partition coefficient (Wildman–Crippen LogP) is 0.659. The predicted molar refractivity (Wildman–Crippen MR) is 126 cm³/mol. The van der Waals surface area contributed by atoms with Gasteiger partial charge in [0, 0.05) is 70.3 Å². The van der Waals surface area contributed by atoms with Crippen molar-refractivity contribution in [1.82, 2.24) is 34.4 Å². The molecule has 0 spiro atoms. The minimum absolute atomic E-state index is 0.223. The van der Waals surface area contributed by atoms with Crippen molar-refractivity contribution in [3.63, 3.8) is 0 Å². The first kappa shape index (κ1) is 21.2. The summed E-state index contributed by atoms with van der Waals surface area (Å²) < 4.78 is 7.46. The molecule has 0 bridgehead atoms. The van der Waals surface area contributed by atoms with Crippen LogP contribution in [-0.2, 0) is 16.1 Å². The molecule has 178 valence electrons. The Bertz CT molecular complexity index is 1180. The van der Waals surface area contributed by atoms with E-state index in [1.807, 2.05) is 9.42 Å². The van der Waals surface area contributed by atoms with Crippen molar-refractivity contribution in [3.05, 3.63) is 30.2 Å². The number of nitrogen functional groups attached to an aromatic ring is 1. The Hall–Kier alpha value is -3.31. The Kier molecular flexibility index (Phi) is 5.50. The maximum atomic E-state index is 12.4. The molecule has 2 aliphatic heterocycles. The maximum absolute atomic E-state index is 12.4. The molecule has 1 aliphatic carbocycles. The van der Waals surface area contributed by atoms with Crippen molar-refractivity contribution in [1.29, 1.82) is 0 Å². The highest BCUT2D eigenvalue weighted by molar-refractivity contribution is 5.81. The first-order valence-corrected chi connectivity index (χ1v) is 11.9. The number of aromatic nitrogens is 5. The van der Waals surface area contributed by atoms with Crippen molar-refractivity contribution in [2.75, 3.05) is 63.1 Å². The molecule has 11 heteroatoms. The highest BCUT2D eigenvalue weighted by Gasteiger charge is 2.34. The molecule has 5 heterocycles. The van der Waals surface area contributed by atoms with Crippen LogP contribution in [0.15, 0.2) is 24.7 Å². The summed E-state index contributed by atoms with van der Waals surface area (Å²) in [6.07, 6.45) is 7.50. The minimum atomic E-state index is 0.223. The lowest BCUT2D eigenvalue weighted by molar-refractivity contribution is -0.134. The van der Waals surface area contributed by atoms with Crippen molar-refractivity contribution >= 4 is 23.2 Å². The smallest absolute Gasteiger partial charge is 0.225 e. The zero-order valence-electron chi connectivity index (χ0n) is 19.1. The van der Waals surface area contributed by atoms with Crippen molar-refractivity contribution in [2.45, 2.75) is 19.4 Å². The molecule has 34 heavy (non-hydrogen) atoms. The Balaban J connectivity index is 1.26. The van der Waals surface area contributed by atoms with E-state index in [1.165, 1.54) is 5.56 Å². The van der Waals surface area contributed by atoms with Crippen molar-refractivity contribution in [2.24, 2.45) is 5.92 Å². The first-order valence-electron chi connectivity index (χ1n) is 11.9.